The third kappa shape index (κ3) is 1.85. The van der Waals surface area contributed by atoms with Crippen LogP contribution in [0.5, 0.6) is 0 Å². The molecule has 2 N–H and O–H groups in total. The first-order chi connectivity index (χ1) is 8.81. The van der Waals surface area contributed by atoms with Crippen molar-refractivity contribution in [2.24, 2.45) is 0 Å². The summed E-state index contributed by atoms with van der Waals surface area (Å²) in [5, 5.41) is 0. The molecule has 2 heteroatoms. The molecule has 96 valence electrons. The zero-order chi connectivity index (χ0) is 12.5. The lowest BCUT2D eigenvalue weighted by atomic mass is 9.74. The number of fused-ring (bicyclic) bond motifs is 3. The third-order valence-electron chi connectivity index (χ3n) is 4.60. The second-order valence-corrected chi connectivity index (χ2v) is 5.55. The van der Waals surface area contributed by atoms with E-state index >= 15 is 0 Å². The first-order valence-corrected chi connectivity index (χ1v) is 7.03. The molecule has 3 rings (SSSR count). The van der Waals surface area contributed by atoms with E-state index in [1.165, 1.54) is 36.9 Å². The van der Waals surface area contributed by atoms with Crippen LogP contribution in [0.3, 0.4) is 0 Å². The maximum absolute atomic E-state index is 6.13. The van der Waals surface area contributed by atoms with E-state index in [4.69, 9.17) is 5.73 Å². The molecule has 2 atom stereocenters. The third-order valence-corrected chi connectivity index (χ3v) is 4.60. The van der Waals surface area contributed by atoms with Crippen LogP contribution in [-0.2, 0) is 6.42 Å². The molecule has 0 aromatic heterocycles. The van der Waals surface area contributed by atoms with Crippen molar-refractivity contribution in [2.75, 3.05) is 18.8 Å². The van der Waals surface area contributed by atoms with Gasteiger partial charge in [-0.2, -0.15) is 0 Å². The number of piperidine rings is 1. The van der Waals surface area contributed by atoms with Gasteiger partial charge in [0.15, 0.2) is 0 Å². The molecule has 0 spiro atoms. The van der Waals surface area contributed by atoms with E-state index in [-0.39, 0.29) is 0 Å². The van der Waals surface area contributed by atoms with Crippen molar-refractivity contribution in [3.05, 3.63) is 42.0 Å². The van der Waals surface area contributed by atoms with E-state index in [9.17, 15) is 0 Å². The van der Waals surface area contributed by atoms with Gasteiger partial charge >= 0.3 is 0 Å². The molecule has 0 bridgehead atoms. The molecule has 1 fully saturated rings. The van der Waals surface area contributed by atoms with Crippen molar-refractivity contribution in [3.8, 4) is 0 Å². The summed E-state index contributed by atoms with van der Waals surface area (Å²) < 4.78 is 0. The Morgan fingerprint density at radius 3 is 3.11 bits per heavy atom. The first kappa shape index (κ1) is 11.8. The summed E-state index contributed by atoms with van der Waals surface area (Å²) >= 11 is 0. The normalized spacial score (nSPS) is 27.3. The van der Waals surface area contributed by atoms with E-state index in [0.717, 1.165) is 18.7 Å². The van der Waals surface area contributed by atoms with Crippen molar-refractivity contribution >= 4 is 5.69 Å². The highest BCUT2D eigenvalue weighted by atomic mass is 15.2. The van der Waals surface area contributed by atoms with E-state index in [2.05, 4.69) is 23.6 Å². The summed E-state index contributed by atoms with van der Waals surface area (Å²) in [4.78, 5) is 2.60. The number of hydrogen-bond acceptors (Lipinski definition) is 2. The predicted octanol–water partition coefficient (Wildman–Crippen LogP) is 2.95. The Labute approximate surface area is 109 Å². The highest BCUT2D eigenvalue weighted by molar-refractivity contribution is 5.53. The Morgan fingerprint density at radius 1 is 1.39 bits per heavy atom. The van der Waals surface area contributed by atoms with E-state index in [0.29, 0.717) is 12.0 Å². The maximum atomic E-state index is 6.13. The Kier molecular flexibility index (Phi) is 3.13. The van der Waals surface area contributed by atoms with Gasteiger partial charge in [-0.15, -0.1) is 6.58 Å². The largest absolute Gasteiger partial charge is 0.398 e. The van der Waals surface area contributed by atoms with Crippen LogP contribution < -0.4 is 5.73 Å². The topological polar surface area (TPSA) is 29.3 Å². The summed E-state index contributed by atoms with van der Waals surface area (Å²) in [6, 6.07) is 7.15. The molecule has 0 saturated carbocycles. The van der Waals surface area contributed by atoms with Crippen molar-refractivity contribution in [2.45, 2.75) is 37.6 Å². The van der Waals surface area contributed by atoms with Gasteiger partial charge in [0.05, 0.1) is 0 Å². The maximum Gasteiger partial charge on any atom is 0.0349 e. The van der Waals surface area contributed by atoms with E-state index in [1.807, 2.05) is 12.1 Å². The van der Waals surface area contributed by atoms with Crippen molar-refractivity contribution in [1.29, 1.82) is 0 Å². The minimum atomic E-state index is 0.686. The lowest BCUT2D eigenvalue weighted by Crippen LogP contribution is -2.46. The molecule has 0 radical (unpaired) electrons. The van der Waals surface area contributed by atoms with Gasteiger partial charge in [-0.25, -0.2) is 0 Å². The average Bonchev–Trinajstić information content (AvgIpc) is 2.40. The Bertz CT molecular complexity index is 452. The van der Waals surface area contributed by atoms with Crippen LogP contribution in [-0.4, -0.2) is 24.0 Å². The van der Waals surface area contributed by atoms with E-state index in [1.54, 1.807) is 0 Å². The van der Waals surface area contributed by atoms with Crippen LogP contribution in [0, 0.1) is 0 Å². The minimum absolute atomic E-state index is 0.686. The van der Waals surface area contributed by atoms with Crippen LogP contribution in [0.2, 0.25) is 0 Å². The molecule has 1 aromatic rings. The van der Waals surface area contributed by atoms with Gasteiger partial charge in [0.25, 0.3) is 0 Å². The van der Waals surface area contributed by atoms with Crippen LogP contribution in [0.25, 0.3) is 0 Å². The molecule has 1 heterocycles. The number of likely N-dealkylation sites (tertiary alicyclic amines) is 1. The Hall–Kier alpha value is -1.28. The van der Waals surface area contributed by atoms with Crippen molar-refractivity contribution in [1.82, 2.24) is 4.90 Å². The standard InChI is InChI=1S/C16H22N2/c1-2-10-18-11-4-6-14-12-5-3-7-15(17)13(12)8-9-16(14)18/h2-3,5,7,14,16H,1,4,6,8-11,17H2/t14-,16-/m0/s1. The van der Waals surface area contributed by atoms with Crippen LogP contribution in [0.1, 0.15) is 36.3 Å². The molecule has 1 saturated heterocycles. The zero-order valence-corrected chi connectivity index (χ0v) is 10.9. The molecule has 0 unspecified atom stereocenters. The SMILES string of the molecule is C=CCN1CCC[C@H]2c3cccc(N)c3CC[C@@H]21. The summed E-state index contributed by atoms with van der Waals surface area (Å²) in [6.07, 6.45) is 7.03. The molecule has 2 nitrogen and oxygen atoms in total. The number of nitrogens with zero attached hydrogens (tertiary/aromatic N) is 1. The highest BCUT2D eigenvalue weighted by Crippen LogP contribution is 2.42. The molecule has 1 aromatic carbocycles. The van der Waals surface area contributed by atoms with Crippen molar-refractivity contribution < 1.29 is 0 Å². The van der Waals surface area contributed by atoms with Gasteiger partial charge in [-0.1, -0.05) is 18.2 Å². The minimum Gasteiger partial charge on any atom is -0.398 e. The lowest BCUT2D eigenvalue weighted by molar-refractivity contribution is 0.126. The fraction of sp³-hybridized carbons (Fsp3) is 0.500. The number of benzene rings is 1. The van der Waals surface area contributed by atoms with Gasteiger partial charge in [0, 0.05) is 18.3 Å². The molecular formula is C16H22N2. The van der Waals surface area contributed by atoms with Gasteiger partial charge in [0.1, 0.15) is 0 Å². The second kappa shape index (κ2) is 4.77. The van der Waals surface area contributed by atoms with Gasteiger partial charge in [-0.05, 0) is 55.3 Å². The van der Waals surface area contributed by atoms with Gasteiger partial charge in [-0.3, -0.25) is 4.90 Å². The molecule has 1 aliphatic heterocycles. The number of nitrogen functional groups attached to an aromatic ring is 1. The van der Waals surface area contributed by atoms with Gasteiger partial charge < -0.3 is 5.73 Å². The highest BCUT2D eigenvalue weighted by Gasteiger charge is 2.36. The van der Waals surface area contributed by atoms with Crippen LogP contribution in [0.15, 0.2) is 30.9 Å². The Morgan fingerprint density at radius 2 is 2.28 bits per heavy atom. The summed E-state index contributed by atoms with van der Waals surface area (Å²) in [6.45, 7) is 6.14. The summed E-state index contributed by atoms with van der Waals surface area (Å²) in [7, 11) is 0. The van der Waals surface area contributed by atoms with Crippen LogP contribution in [0.4, 0.5) is 5.69 Å². The van der Waals surface area contributed by atoms with Crippen molar-refractivity contribution in [3.63, 3.8) is 0 Å². The fourth-order valence-electron chi connectivity index (χ4n) is 3.82. The molecular weight excluding hydrogens is 220 g/mol. The lowest BCUT2D eigenvalue weighted by Gasteiger charge is -2.44. The average molecular weight is 242 g/mol. The van der Waals surface area contributed by atoms with Gasteiger partial charge in [0.2, 0.25) is 0 Å². The predicted molar refractivity (Wildman–Crippen MR) is 76.7 cm³/mol. The second-order valence-electron chi connectivity index (χ2n) is 5.55. The van der Waals surface area contributed by atoms with Crippen LogP contribution >= 0.6 is 0 Å². The first-order valence-electron chi connectivity index (χ1n) is 7.03. The smallest absolute Gasteiger partial charge is 0.0349 e. The number of nitrogens with two attached hydrogens (primary N) is 1. The number of hydrogen-bond donors (Lipinski definition) is 1. The molecule has 2 aliphatic rings. The number of anilines is 1. The molecule has 18 heavy (non-hydrogen) atoms. The summed E-state index contributed by atoms with van der Waals surface area (Å²) in [5.41, 5.74) is 10.0. The monoisotopic (exact) mass is 242 g/mol. The molecule has 1 aliphatic carbocycles. The number of rotatable bonds is 2. The quantitative estimate of drug-likeness (QED) is 0.638. The zero-order valence-electron chi connectivity index (χ0n) is 10.9. The van der Waals surface area contributed by atoms with E-state index < -0.39 is 0 Å². The summed E-state index contributed by atoms with van der Waals surface area (Å²) in [5.74, 6) is 0.686. The Balaban J connectivity index is 1.94. The fourth-order valence-corrected chi connectivity index (χ4v) is 3.82. The molecule has 0 amide bonds.